The van der Waals surface area contributed by atoms with Crippen LogP contribution in [0.5, 0.6) is 0 Å². The number of aryl methyl sites for hydroxylation is 1. The van der Waals surface area contributed by atoms with Gasteiger partial charge in [0, 0.05) is 21.8 Å². The molecule has 1 aromatic heterocycles. The first-order chi connectivity index (χ1) is 13.2. The third-order valence-corrected chi connectivity index (χ3v) is 6.06. The monoisotopic (exact) mass is 394 g/mol. The Kier molecular flexibility index (Phi) is 5.37. The summed E-state index contributed by atoms with van der Waals surface area (Å²) in [6.07, 6.45) is 6.07. The fraction of sp³-hybridized carbons (Fsp3) is 0.182. The molecule has 27 heavy (non-hydrogen) atoms. The summed E-state index contributed by atoms with van der Waals surface area (Å²) < 4.78 is 0. The van der Waals surface area contributed by atoms with E-state index in [-0.39, 0.29) is 5.91 Å². The molecule has 0 saturated carbocycles. The van der Waals surface area contributed by atoms with Crippen LogP contribution < -0.4 is 5.32 Å². The minimum atomic E-state index is -0.0798. The van der Waals surface area contributed by atoms with Crippen molar-refractivity contribution in [1.29, 1.82) is 0 Å². The van der Waals surface area contributed by atoms with Gasteiger partial charge in [0.25, 0.3) is 5.91 Å². The summed E-state index contributed by atoms with van der Waals surface area (Å²) in [6, 6.07) is 17.1. The summed E-state index contributed by atoms with van der Waals surface area (Å²) in [5, 5.41) is 4.50. The van der Waals surface area contributed by atoms with Gasteiger partial charge in [-0.2, -0.15) is 0 Å². The number of nitrogens with one attached hydrogen (secondary N) is 1. The van der Waals surface area contributed by atoms with Crippen molar-refractivity contribution < 1.29 is 4.79 Å². The minimum absolute atomic E-state index is 0.0798. The van der Waals surface area contributed by atoms with Crippen molar-refractivity contribution in [2.45, 2.75) is 25.7 Å². The maximum absolute atomic E-state index is 13.0. The van der Waals surface area contributed by atoms with E-state index in [0.29, 0.717) is 5.02 Å². The van der Waals surface area contributed by atoms with Gasteiger partial charge in [-0.25, -0.2) is 4.99 Å². The van der Waals surface area contributed by atoms with Gasteiger partial charge in [0.05, 0.1) is 5.56 Å². The molecular weight excluding hydrogens is 376 g/mol. The van der Waals surface area contributed by atoms with Gasteiger partial charge in [-0.3, -0.25) is 4.79 Å². The van der Waals surface area contributed by atoms with Gasteiger partial charge >= 0.3 is 0 Å². The first-order valence-corrected chi connectivity index (χ1v) is 10.2. The maximum Gasteiger partial charge on any atom is 0.259 e. The molecule has 0 fully saturated rings. The van der Waals surface area contributed by atoms with Crippen molar-refractivity contribution in [3.8, 4) is 0 Å². The molecule has 4 rings (SSSR count). The van der Waals surface area contributed by atoms with Crippen LogP contribution in [0.25, 0.3) is 0 Å². The molecule has 1 aliphatic carbocycles. The largest absolute Gasteiger partial charge is 0.322 e. The molecule has 1 heterocycles. The number of benzene rings is 2. The third-order valence-electron chi connectivity index (χ3n) is 4.61. The van der Waals surface area contributed by atoms with Crippen LogP contribution >= 0.6 is 22.9 Å². The van der Waals surface area contributed by atoms with E-state index >= 15 is 0 Å². The molecule has 0 bridgehead atoms. The van der Waals surface area contributed by atoms with Gasteiger partial charge in [0.15, 0.2) is 0 Å². The van der Waals surface area contributed by atoms with Crippen molar-refractivity contribution in [2.75, 3.05) is 5.32 Å². The van der Waals surface area contributed by atoms with Gasteiger partial charge in [0.2, 0.25) is 0 Å². The number of thiophene rings is 1. The molecule has 0 unspecified atom stereocenters. The average molecular weight is 395 g/mol. The lowest BCUT2D eigenvalue weighted by molar-refractivity contribution is 0.102. The van der Waals surface area contributed by atoms with E-state index in [0.717, 1.165) is 41.1 Å². The number of para-hydroxylation sites is 1. The highest BCUT2D eigenvalue weighted by Crippen LogP contribution is 2.40. The highest BCUT2D eigenvalue weighted by atomic mass is 35.5. The number of rotatable bonds is 4. The summed E-state index contributed by atoms with van der Waals surface area (Å²) in [7, 11) is 0. The average Bonchev–Trinajstić information content (AvgIpc) is 3.07. The summed E-state index contributed by atoms with van der Waals surface area (Å²) in [6.45, 7) is 0. The van der Waals surface area contributed by atoms with Crippen LogP contribution in [0.1, 0.15) is 39.2 Å². The van der Waals surface area contributed by atoms with Crippen molar-refractivity contribution >= 4 is 45.7 Å². The van der Waals surface area contributed by atoms with Crippen LogP contribution in [-0.2, 0) is 12.8 Å². The van der Waals surface area contributed by atoms with E-state index in [9.17, 15) is 4.79 Å². The lowest BCUT2D eigenvalue weighted by Crippen LogP contribution is -2.14. The molecule has 5 heteroatoms. The van der Waals surface area contributed by atoms with Crippen LogP contribution in [0.15, 0.2) is 59.6 Å². The number of carbonyl (C=O) groups excluding carboxylic acids is 1. The molecule has 3 nitrogen and oxygen atoms in total. The second kappa shape index (κ2) is 8.07. The van der Waals surface area contributed by atoms with Crippen molar-refractivity contribution in [1.82, 2.24) is 0 Å². The molecular formula is C22H19ClN2OS. The van der Waals surface area contributed by atoms with Gasteiger partial charge in [-0.1, -0.05) is 41.9 Å². The number of aliphatic imine (C=N–C) groups is 1. The Hall–Kier alpha value is -2.43. The van der Waals surface area contributed by atoms with Crippen LogP contribution in [0, 0.1) is 0 Å². The first kappa shape index (κ1) is 18.0. The highest BCUT2D eigenvalue weighted by molar-refractivity contribution is 7.16. The van der Waals surface area contributed by atoms with Crippen molar-refractivity contribution in [3.05, 3.63) is 81.2 Å². The number of halogens is 1. The minimum Gasteiger partial charge on any atom is -0.322 e. The molecule has 0 aliphatic heterocycles. The maximum atomic E-state index is 13.0. The zero-order valence-corrected chi connectivity index (χ0v) is 16.3. The number of nitrogens with zero attached hydrogens (tertiary/aromatic N) is 1. The van der Waals surface area contributed by atoms with Crippen LogP contribution in [0.2, 0.25) is 5.02 Å². The normalized spacial score (nSPS) is 13.5. The second-order valence-corrected chi connectivity index (χ2v) is 8.04. The number of hydrogen-bond donors (Lipinski definition) is 1. The van der Waals surface area contributed by atoms with Gasteiger partial charge in [-0.05, 0) is 61.1 Å². The number of carbonyl (C=O) groups is 1. The predicted molar refractivity (Wildman–Crippen MR) is 114 cm³/mol. The number of amides is 1. The second-order valence-electron chi connectivity index (χ2n) is 6.52. The Morgan fingerprint density at radius 3 is 2.56 bits per heavy atom. The lowest BCUT2D eigenvalue weighted by atomic mass is 9.95. The van der Waals surface area contributed by atoms with Crippen LogP contribution in [-0.4, -0.2) is 12.1 Å². The third kappa shape index (κ3) is 4.12. The number of fused-ring (bicyclic) bond motifs is 1. The molecule has 1 aliphatic rings. The van der Waals surface area contributed by atoms with E-state index < -0.39 is 0 Å². The van der Waals surface area contributed by atoms with E-state index in [2.05, 4.69) is 10.3 Å². The summed E-state index contributed by atoms with van der Waals surface area (Å²) in [5.74, 6) is -0.0798. The molecule has 0 saturated heterocycles. The lowest BCUT2D eigenvalue weighted by Gasteiger charge is -2.12. The van der Waals surface area contributed by atoms with E-state index in [1.807, 2.05) is 54.6 Å². The zero-order chi connectivity index (χ0) is 18.6. The summed E-state index contributed by atoms with van der Waals surface area (Å²) in [4.78, 5) is 19.0. The number of anilines is 1. The molecule has 0 radical (unpaired) electrons. The summed E-state index contributed by atoms with van der Waals surface area (Å²) in [5.41, 5.74) is 3.65. The zero-order valence-electron chi connectivity index (χ0n) is 14.7. The highest BCUT2D eigenvalue weighted by Gasteiger charge is 2.25. The Bertz CT molecular complexity index is 978. The molecule has 3 aromatic rings. The van der Waals surface area contributed by atoms with Crippen LogP contribution in [0.4, 0.5) is 10.7 Å². The summed E-state index contributed by atoms with van der Waals surface area (Å²) >= 11 is 7.58. The predicted octanol–water partition coefficient (Wildman–Crippen LogP) is 6.28. The quantitative estimate of drug-likeness (QED) is 0.519. The molecule has 1 N–H and O–H groups in total. The Morgan fingerprint density at radius 1 is 1.04 bits per heavy atom. The van der Waals surface area contributed by atoms with Crippen molar-refractivity contribution in [2.24, 2.45) is 4.99 Å². The molecule has 0 atom stereocenters. The SMILES string of the molecule is O=C(Nc1ccccc1)c1c(N=Cc2ccc(Cl)cc2)sc2c1CCCC2. The molecule has 1 amide bonds. The van der Waals surface area contributed by atoms with Gasteiger partial charge in [0.1, 0.15) is 5.00 Å². The Balaban J connectivity index is 1.67. The Labute approximate surface area is 167 Å². The van der Waals surface area contributed by atoms with E-state index in [1.165, 1.54) is 16.9 Å². The number of hydrogen-bond acceptors (Lipinski definition) is 3. The van der Waals surface area contributed by atoms with E-state index in [4.69, 9.17) is 11.6 Å². The Morgan fingerprint density at radius 2 is 1.78 bits per heavy atom. The molecule has 136 valence electrons. The standard InChI is InChI=1S/C22H19ClN2OS/c23-16-12-10-15(11-13-16)14-24-22-20(18-8-4-5-9-19(18)27-22)21(26)25-17-6-2-1-3-7-17/h1-3,6-7,10-14H,4-5,8-9H2,(H,25,26). The fourth-order valence-corrected chi connectivity index (χ4v) is 4.63. The van der Waals surface area contributed by atoms with Crippen molar-refractivity contribution in [3.63, 3.8) is 0 Å². The topological polar surface area (TPSA) is 41.5 Å². The molecule has 2 aromatic carbocycles. The van der Waals surface area contributed by atoms with Gasteiger partial charge in [-0.15, -0.1) is 11.3 Å². The van der Waals surface area contributed by atoms with Gasteiger partial charge < -0.3 is 5.32 Å². The fourth-order valence-electron chi connectivity index (χ4n) is 3.27. The first-order valence-electron chi connectivity index (χ1n) is 9.01. The van der Waals surface area contributed by atoms with E-state index in [1.54, 1.807) is 17.6 Å². The molecule has 0 spiro atoms. The van der Waals surface area contributed by atoms with Crippen LogP contribution in [0.3, 0.4) is 0 Å². The smallest absolute Gasteiger partial charge is 0.259 e.